The van der Waals surface area contributed by atoms with E-state index in [1.807, 2.05) is 30.9 Å². The lowest BCUT2D eigenvalue weighted by molar-refractivity contribution is 0.814. The largest absolute Gasteiger partial charge is 0.341 e. The Morgan fingerprint density at radius 2 is 1.86 bits per heavy atom. The van der Waals surface area contributed by atoms with Crippen LogP contribution in [0.5, 0.6) is 0 Å². The van der Waals surface area contributed by atoms with Gasteiger partial charge < -0.3 is 10.2 Å². The Bertz CT molecular complexity index is 634. The first-order valence-corrected chi connectivity index (χ1v) is 7.97. The van der Waals surface area contributed by atoms with Gasteiger partial charge in [0.15, 0.2) is 0 Å². The molecular weight excluding hydrogens is 377 g/mol. The van der Waals surface area contributed by atoms with Crippen molar-refractivity contribution >= 4 is 56.7 Å². The van der Waals surface area contributed by atoms with Crippen molar-refractivity contribution < 1.29 is 0 Å². The number of anilines is 3. The molecule has 0 aliphatic heterocycles. The third kappa shape index (κ3) is 3.96. The van der Waals surface area contributed by atoms with Crippen molar-refractivity contribution in [3.05, 3.63) is 33.0 Å². The van der Waals surface area contributed by atoms with Crippen LogP contribution in [0.4, 0.5) is 17.6 Å². The smallest absolute Gasteiger partial charge is 0.233 e. The van der Waals surface area contributed by atoms with Gasteiger partial charge in [-0.3, -0.25) is 0 Å². The summed E-state index contributed by atoms with van der Waals surface area (Å²) in [7, 11) is 0. The fraction of sp³-hybridized carbons (Fsp3) is 0.308. The van der Waals surface area contributed by atoms with Crippen LogP contribution >= 0.6 is 39.1 Å². The molecule has 0 saturated heterocycles. The summed E-state index contributed by atoms with van der Waals surface area (Å²) in [6.45, 7) is 5.64. The number of hydrogen-bond acceptors (Lipinski definition) is 5. The van der Waals surface area contributed by atoms with Gasteiger partial charge in [0, 0.05) is 13.1 Å². The van der Waals surface area contributed by atoms with Crippen LogP contribution in [0.25, 0.3) is 0 Å². The van der Waals surface area contributed by atoms with Crippen molar-refractivity contribution in [2.75, 3.05) is 23.3 Å². The SMILES string of the molecule is CCN(CC)c1nc(Cl)nc(Nc2cccc(Cl)c2Br)n1. The van der Waals surface area contributed by atoms with Gasteiger partial charge in [-0.15, -0.1) is 0 Å². The Morgan fingerprint density at radius 3 is 2.52 bits per heavy atom. The fourth-order valence-electron chi connectivity index (χ4n) is 1.76. The summed E-state index contributed by atoms with van der Waals surface area (Å²) in [5.41, 5.74) is 0.760. The van der Waals surface area contributed by atoms with E-state index in [2.05, 4.69) is 36.2 Å². The molecule has 0 bridgehead atoms. The first kappa shape index (κ1) is 16.3. The molecule has 1 heterocycles. The van der Waals surface area contributed by atoms with Crippen LogP contribution in [-0.4, -0.2) is 28.0 Å². The Morgan fingerprint density at radius 1 is 1.14 bits per heavy atom. The van der Waals surface area contributed by atoms with E-state index in [1.54, 1.807) is 6.07 Å². The molecule has 0 amide bonds. The van der Waals surface area contributed by atoms with E-state index in [9.17, 15) is 0 Å². The normalized spacial score (nSPS) is 10.5. The van der Waals surface area contributed by atoms with E-state index in [1.165, 1.54) is 0 Å². The molecule has 0 aliphatic carbocycles. The number of benzene rings is 1. The van der Waals surface area contributed by atoms with Crippen molar-refractivity contribution in [3.63, 3.8) is 0 Å². The minimum absolute atomic E-state index is 0.146. The highest BCUT2D eigenvalue weighted by Gasteiger charge is 2.11. The van der Waals surface area contributed by atoms with Gasteiger partial charge in [-0.05, 0) is 53.5 Å². The van der Waals surface area contributed by atoms with Gasteiger partial charge in [-0.1, -0.05) is 17.7 Å². The molecule has 112 valence electrons. The van der Waals surface area contributed by atoms with Crippen LogP contribution in [0.15, 0.2) is 22.7 Å². The topological polar surface area (TPSA) is 53.9 Å². The Balaban J connectivity index is 2.34. The average Bonchev–Trinajstić information content (AvgIpc) is 2.45. The summed E-state index contributed by atoms with van der Waals surface area (Å²) >= 11 is 15.5. The van der Waals surface area contributed by atoms with Crippen molar-refractivity contribution in [1.29, 1.82) is 0 Å². The van der Waals surface area contributed by atoms with E-state index in [-0.39, 0.29) is 5.28 Å². The number of nitrogens with zero attached hydrogens (tertiary/aromatic N) is 4. The predicted molar refractivity (Wildman–Crippen MR) is 90.8 cm³/mol. The lowest BCUT2D eigenvalue weighted by Gasteiger charge is -2.19. The van der Waals surface area contributed by atoms with Gasteiger partial charge in [0.1, 0.15) is 0 Å². The monoisotopic (exact) mass is 389 g/mol. The highest BCUT2D eigenvalue weighted by Crippen LogP contribution is 2.31. The third-order valence-electron chi connectivity index (χ3n) is 2.84. The second-order valence-electron chi connectivity index (χ2n) is 4.13. The molecule has 1 aromatic carbocycles. The highest BCUT2D eigenvalue weighted by molar-refractivity contribution is 9.10. The number of hydrogen-bond donors (Lipinski definition) is 1. The molecule has 0 unspecified atom stereocenters. The van der Waals surface area contributed by atoms with Crippen LogP contribution in [0, 0.1) is 0 Å². The minimum atomic E-state index is 0.146. The molecule has 0 spiro atoms. The Labute approximate surface area is 141 Å². The number of halogens is 3. The zero-order valence-electron chi connectivity index (χ0n) is 11.6. The first-order chi connectivity index (χ1) is 10.0. The summed E-state index contributed by atoms with van der Waals surface area (Å²) in [4.78, 5) is 14.6. The summed E-state index contributed by atoms with van der Waals surface area (Å²) in [5, 5.41) is 3.84. The molecule has 0 saturated carbocycles. The van der Waals surface area contributed by atoms with Gasteiger partial charge in [0.25, 0.3) is 0 Å². The zero-order chi connectivity index (χ0) is 15.4. The molecule has 1 aromatic heterocycles. The molecule has 2 aromatic rings. The summed E-state index contributed by atoms with van der Waals surface area (Å²) in [5.74, 6) is 0.917. The molecule has 0 radical (unpaired) electrons. The molecule has 0 atom stereocenters. The second kappa shape index (κ2) is 7.24. The third-order valence-corrected chi connectivity index (χ3v) is 4.41. The van der Waals surface area contributed by atoms with Crippen LogP contribution in [-0.2, 0) is 0 Å². The van der Waals surface area contributed by atoms with Crippen LogP contribution < -0.4 is 10.2 Å². The minimum Gasteiger partial charge on any atom is -0.341 e. The fourth-order valence-corrected chi connectivity index (χ4v) is 2.46. The van der Waals surface area contributed by atoms with Crippen molar-refractivity contribution in [3.8, 4) is 0 Å². The van der Waals surface area contributed by atoms with Gasteiger partial charge in [0.2, 0.25) is 17.2 Å². The molecule has 0 aliphatic rings. The Hall–Kier alpha value is -1.11. The highest BCUT2D eigenvalue weighted by atomic mass is 79.9. The van der Waals surface area contributed by atoms with Gasteiger partial charge >= 0.3 is 0 Å². The molecule has 1 N–H and O–H groups in total. The number of rotatable bonds is 5. The van der Waals surface area contributed by atoms with Crippen molar-refractivity contribution in [2.45, 2.75) is 13.8 Å². The quantitative estimate of drug-likeness (QED) is 0.812. The second-order valence-corrected chi connectivity index (χ2v) is 5.66. The van der Waals surface area contributed by atoms with E-state index in [0.29, 0.717) is 16.9 Å². The molecule has 2 rings (SSSR count). The Kier molecular flexibility index (Phi) is 5.61. The van der Waals surface area contributed by atoms with Crippen LogP contribution in [0.2, 0.25) is 10.3 Å². The molecule has 5 nitrogen and oxygen atoms in total. The number of nitrogens with one attached hydrogen (secondary N) is 1. The standard InChI is InChI=1S/C13H14BrCl2N5/c1-3-21(4-2)13-19-11(16)18-12(20-13)17-9-7-5-6-8(15)10(9)14/h5-7H,3-4H2,1-2H3,(H,17,18,19,20). The number of aromatic nitrogens is 3. The van der Waals surface area contributed by atoms with Crippen LogP contribution in [0.1, 0.15) is 13.8 Å². The average molecular weight is 391 g/mol. The lowest BCUT2D eigenvalue weighted by atomic mass is 10.3. The van der Waals surface area contributed by atoms with Gasteiger partial charge in [0.05, 0.1) is 15.2 Å². The molecule has 0 fully saturated rings. The maximum atomic E-state index is 6.06. The van der Waals surface area contributed by atoms with Gasteiger partial charge in [-0.2, -0.15) is 15.0 Å². The summed E-state index contributed by atoms with van der Waals surface area (Å²) in [6, 6.07) is 5.49. The summed E-state index contributed by atoms with van der Waals surface area (Å²) in [6.07, 6.45) is 0. The maximum absolute atomic E-state index is 6.06. The maximum Gasteiger partial charge on any atom is 0.233 e. The molecule has 8 heteroatoms. The van der Waals surface area contributed by atoms with E-state index >= 15 is 0 Å². The zero-order valence-corrected chi connectivity index (χ0v) is 14.7. The molecule has 21 heavy (non-hydrogen) atoms. The predicted octanol–water partition coefficient (Wildman–Crippen LogP) is 4.53. The van der Waals surface area contributed by atoms with Crippen molar-refractivity contribution in [1.82, 2.24) is 15.0 Å². The first-order valence-electron chi connectivity index (χ1n) is 6.42. The van der Waals surface area contributed by atoms with Crippen molar-refractivity contribution in [2.24, 2.45) is 0 Å². The van der Waals surface area contributed by atoms with E-state index in [4.69, 9.17) is 23.2 Å². The molecular formula is C13H14BrCl2N5. The van der Waals surface area contributed by atoms with Crippen LogP contribution in [0.3, 0.4) is 0 Å². The lowest BCUT2D eigenvalue weighted by Crippen LogP contribution is -2.24. The summed E-state index contributed by atoms with van der Waals surface area (Å²) < 4.78 is 0.743. The van der Waals surface area contributed by atoms with Gasteiger partial charge in [-0.25, -0.2) is 0 Å². The van der Waals surface area contributed by atoms with E-state index < -0.39 is 0 Å². The van der Waals surface area contributed by atoms with E-state index in [0.717, 1.165) is 23.2 Å².